The minimum atomic E-state index is -0.392. The third-order valence-electron chi connectivity index (χ3n) is 4.40. The molecule has 0 fully saturated rings. The molecule has 2 aromatic rings. The molecule has 2 aromatic carbocycles. The highest BCUT2D eigenvalue weighted by Gasteiger charge is 2.19. The number of rotatable bonds is 4. The van der Waals surface area contributed by atoms with E-state index in [1.807, 2.05) is 30.3 Å². The predicted octanol–water partition coefficient (Wildman–Crippen LogP) is 4.87. The molecule has 148 valence electrons. The van der Waals surface area contributed by atoms with E-state index in [2.05, 4.69) is 32.8 Å². The molecule has 0 aromatic heterocycles. The summed E-state index contributed by atoms with van der Waals surface area (Å²) in [6.45, 7) is 4.81. The Balaban J connectivity index is 0.000000391. The molecule has 1 unspecified atom stereocenters. The summed E-state index contributed by atoms with van der Waals surface area (Å²) in [7, 11) is 0. The van der Waals surface area contributed by atoms with E-state index in [0.717, 1.165) is 42.4 Å². The summed E-state index contributed by atoms with van der Waals surface area (Å²) in [6.07, 6.45) is 4.19. The molecule has 0 saturated carbocycles. The molecule has 2 aliphatic rings. The second kappa shape index (κ2) is 9.97. The number of halogens is 2. The Labute approximate surface area is 176 Å². The minimum Gasteiger partial charge on any atom is -0.482 e. The standard InChI is InChI=1S/C19H19Cl2NO.C3H5NO/c1-13(23)11-22-12-15(8-14-2-5-17(20)6-3-14)9-16-4-7-18(21)10-19(16)22;1-2-5-3-4-1/h2-7,9-10,13,23H,8,11-12H2,1H3;3H,1-2H2. The van der Waals surface area contributed by atoms with E-state index in [4.69, 9.17) is 23.2 Å². The maximum atomic E-state index is 9.80. The topological polar surface area (TPSA) is 45.1 Å². The quantitative estimate of drug-likeness (QED) is 0.770. The Morgan fingerprint density at radius 2 is 1.89 bits per heavy atom. The van der Waals surface area contributed by atoms with E-state index in [1.54, 1.807) is 6.92 Å². The van der Waals surface area contributed by atoms with Gasteiger partial charge in [0.15, 0.2) is 6.40 Å². The van der Waals surface area contributed by atoms with Crippen molar-refractivity contribution in [2.45, 2.75) is 19.4 Å². The normalized spacial score (nSPS) is 15.9. The van der Waals surface area contributed by atoms with Gasteiger partial charge >= 0.3 is 0 Å². The summed E-state index contributed by atoms with van der Waals surface area (Å²) < 4.78 is 4.65. The molecular formula is C22H24Cl2N2O2. The van der Waals surface area contributed by atoms with Gasteiger partial charge in [-0.05, 0) is 54.3 Å². The van der Waals surface area contributed by atoms with Crippen LogP contribution in [-0.4, -0.2) is 43.9 Å². The van der Waals surface area contributed by atoms with Crippen molar-refractivity contribution in [1.29, 1.82) is 0 Å². The monoisotopic (exact) mass is 418 g/mol. The van der Waals surface area contributed by atoms with Gasteiger partial charge in [0.2, 0.25) is 0 Å². The Kier molecular flexibility index (Phi) is 7.37. The predicted molar refractivity (Wildman–Crippen MR) is 118 cm³/mol. The van der Waals surface area contributed by atoms with Crippen LogP contribution in [0.1, 0.15) is 18.1 Å². The van der Waals surface area contributed by atoms with Crippen LogP contribution >= 0.6 is 23.2 Å². The average Bonchev–Trinajstić information content (AvgIpc) is 3.24. The molecule has 0 spiro atoms. The van der Waals surface area contributed by atoms with Crippen LogP contribution in [0.4, 0.5) is 5.69 Å². The second-order valence-corrected chi connectivity index (χ2v) is 7.79. The van der Waals surface area contributed by atoms with Crippen molar-refractivity contribution < 1.29 is 9.84 Å². The molecule has 2 heterocycles. The Hall–Kier alpha value is -2.01. The second-order valence-electron chi connectivity index (χ2n) is 6.92. The van der Waals surface area contributed by atoms with Gasteiger partial charge in [0.25, 0.3) is 0 Å². The lowest BCUT2D eigenvalue weighted by molar-refractivity contribution is 0.200. The van der Waals surface area contributed by atoms with Crippen LogP contribution in [0.3, 0.4) is 0 Å². The minimum absolute atomic E-state index is 0.392. The van der Waals surface area contributed by atoms with Gasteiger partial charge in [-0.3, -0.25) is 4.99 Å². The zero-order valence-electron chi connectivity index (χ0n) is 15.8. The first-order valence-electron chi connectivity index (χ1n) is 9.27. The molecule has 4 nitrogen and oxygen atoms in total. The number of aliphatic hydroxyl groups excluding tert-OH is 1. The largest absolute Gasteiger partial charge is 0.482 e. The van der Waals surface area contributed by atoms with Gasteiger partial charge in [-0.2, -0.15) is 0 Å². The number of aliphatic hydroxyl groups is 1. The number of β-amino-alcohol motifs (C(OH)–C–C–N with tert-alkyl or cyclic N) is 1. The number of anilines is 1. The fraction of sp³-hybridized carbons (Fsp3) is 0.318. The fourth-order valence-corrected chi connectivity index (χ4v) is 3.52. The number of aliphatic imine (C=N–C) groups is 1. The van der Waals surface area contributed by atoms with Crippen molar-refractivity contribution in [3.63, 3.8) is 0 Å². The molecule has 2 aliphatic heterocycles. The first kappa shape index (κ1) is 20.7. The third kappa shape index (κ3) is 5.99. The number of ether oxygens (including phenoxy) is 1. The molecule has 4 rings (SSSR count). The maximum absolute atomic E-state index is 9.80. The Morgan fingerprint density at radius 1 is 1.14 bits per heavy atom. The van der Waals surface area contributed by atoms with Crippen molar-refractivity contribution in [2.24, 2.45) is 4.99 Å². The maximum Gasteiger partial charge on any atom is 0.169 e. The van der Waals surface area contributed by atoms with Crippen LogP contribution in [0.2, 0.25) is 10.0 Å². The molecule has 6 heteroatoms. The van der Waals surface area contributed by atoms with E-state index in [-0.39, 0.29) is 0 Å². The third-order valence-corrected chi connectivity index (χ3v) is 4.89. The highest BCUT2D eigenvalue weighted by Crippen LogP contribution is 2.32. The summed E-state index contributed by atoms with van der Waals surface area (Å²) in [5, 5.41) is 11.3. The van der Waals surface area contributed by atoms with E-state index in [9.17, 15) is 5.11 Å². The first-order chi connectivity index (χ1) is 13.5. The molecule has 28 heavy (non-hydrogen) atoms. The molecule has 0 amide bonds. The van der Waals surface area contributed by atoms with Gasteiger partial charge in [-0.15, -0.1) is 0 Å². The van der Waals surface area contributed by atoms with E-state index in [1.165, 1.54) is 17.5 Å². The SMILES string of the molecule is C1=NCCO1.CC(O)CN1CC(Cc2ccc(Cl)cc2)=Cc2ccc(Cl)cc21. The molecule has 1 N–H and O–H groups in total. The lowest BCUT2D eigenvalue weighted by Crippen LogP contribution is -2.35. The van der Waals surface area contributed by atoms with Gasteiger partial charge in [0, 0.05) is 28.8 Å². The lowest BCUT2D eigenvalue weighted by Gasteiger charge is -2.32. The summed E-state index contributed by atoms with van der Waals surface area (Å²) >= 11 is 12.1. The van der Waals surface area contributed by atoms with Gasteiger partial charge in [-0.25, -0.2) is 0 Å². The molecule has 0 radical (unpaired) electrons. The molecule has 1 atom stereocenters. The summed E-state index contributed by atoms with van der Waals surface area (Å²) in [6, 6.07) is 13.9. The smallest absolute Gasteiger partial charge is 0.169 e. The van der Waals surface area contributed by atoms with Crippen molar-refractivity contribution in [2.75, 3.05) is 31.1 Å². The van der Waals surface area contributed by atoms with Crippen LogP contribution in [0, 0.1) is 0 Å². The van der Waals surface area contributed by atoms with Gasteiger partial charge in [0.05, 0.1) is 12.6 Å². The van der Waals surface area contributed by atoms with Crippen molar-refractivity contribution in [3.05, 3.63) is 69.2 Å². The molecule has 0 saturated heterocycles. The van der Waals surface area contributed by atoms with Crippen molar-refractivity contribution >= 4 is 41.4 Å². The Bertz CT molecular complexity index is 842. The van der Waals surface area contributed by atoms with E-state index >= 15 is 0 Å². The van der Waals surface area contributed by atoms with Gasteiger partial charge < -0.3 is 14.7 Å². The highest BCUT2D eigenvalue weighted by molar-refractivity contribution is 6.31. The van der Waals surface area contributed by atoms with Crippen LogP contribution in [0.5, 0.6) is 0 Å². The number of hydrogen-bond acceptors (Lipinski definition) is 4. The zero-order valence-corrected chi connectivity index (χ0v) is 17.3. The summed E-state index contributed by atoms with van der Waals surface area (Å²) in [5.74, 6) is 0. The number of benzene rings is 2. The van der Waals surface area contributed by atoms with Crippen LogP contribution < -0.4 is 4.90 Å². The van der Waals surface area contributed by atoms with E-state index in [0.29, 0.717) is 11.6 Å². The number of fused-ring (bicyclic) bond motifs is 1. The summed E-state index contributed by atoms with van der Waals surface area (Å²) in [4.78, 5) is 5.93. The zero-order chi connectivity index (χ0) is 19.9. The molecule has 0 bridgehead atoms. The van der Waals surface area contributed by atoms with Gasteiger partial charge in [-0.1, -0.05) is 47.5 Å². The summed E-state index contributed by atoms with van der Waals surface area (Å²) in [5.41, 5.74) is 4.77. The number of hydrogen-bond donors (Lipinski definition) is 1. The number of nitrogens with zero attached hydrogens (tertiary/aromatic N) is 2. The van der Waals surface area contributed by atoms with Crippen molar-refractivity contribution in [3.8, 4) is 0 Å². The van der Waals surface area contributed by atoms with Gasteiger partial charge in [0.1, 0.15) is 6.61 Å². The van der Waals surface area contributed by atoms with Crippen molar-refractivity contribution in [1.82, 2.24) is 0 Å². The molecular weight excluding hydrogens is 395 g/mol. The average molecular weight is 419 g/mol. The Morgan fingerprint density at radius 3 is 2.50 bits per heavy atom. The lowest BCUT2D eigenvalue weighted by atomic mass is 9.97. The fourth-order valence-electron chi connectivity index (χ4n) is 3.23. The first-order valence-corrected chi connectivity index (χ1v) is 10.0. The molecule has 0 aliphatic carbocycles. The van der Waals surface area contributed by atoms with Crippen LogP contribution in [-0.2, 0) is 11.2 Å². The van der Waals surface area contributed by atoms with E-state index < -0.39 is 6.10 Å². The van der Waals surface area contributed by atoms with Crippen LogP contribution in [0.15, 0.2) is 53.0 Å². The highest BCUT2D eigenvalue weighted by atomic mass is 35.5. The van der Waals surface area contributed by atoms with Crippen LogP contribution in [0.25, 0.3) is 6.08 Å².